The highest BCUT2D eigenvalue weighted by Gasteiger charge is 2.43. The highest BCUT2D eigenvalue weighted by molar-refractivity contribution is 6.45. The van der Waals surface area contributed by atoms with Crippen LogP contribution < -0.4 is 10.6 Å². The molecule has 0 radical (unpaired) electrons. The van der Waals surface area contributed by atoms with Crippen molar-refractivity contribution < 1.29 is 19.2 Å². The van der Waals surface area contributed by atoms with Crippen LogP contribution in [-0.2, 0) is 20.8 Å². The maximum Gasteiger partial charge on any atom is 0.334 e. The number of nitrogens with two attached hydrogens (primary N) is 1. The van der Waals surface area contributed by atoms with Crippen molar-refractivity contribution in [3.05, 3.63) is 23.8 Å². The Morgan fingerprint density at radius 3 is 2.54 bits per heavy atom. The minimum Gasteiger partial charge on any atom is -0.398 e. The van der Waals surface area contributed by atoms with Crippen molar-refractivity contribution in [2.75, 3.05) is 30.8 Å². The number of nitrogens with zero attached hydrogens (tertiary/aromatic N) is 3. The molecule has 0 saturated carbocycles. The molecule has 0 aliphatic carbocycles. The van der Waals surface area contributed by atoms with E-state index in [-0.39, 0.29) is 12.4 Å². The molecule has 1 aromatic carbocycles. The standard InChI is InChI=1S/C15H16N4O4.ClH/c1-17-13(21)14(22)19(15(17)23)8-12(20)18-7-3-4-9-10(16)5-2-6-11(9)18;/h2,5-6H,3-4,7-8,16H2,1H3;1H. The van der Waals surface area contributed by atoms with Crippen LogP contribution >= 0.6 is 12.4 Å². The Labute approximate surface area is 144 Å². The number of fused-ring (bicyclic) bond motifs is 1. The zero-order chi connectivity index (χ0) is 16.7. The second kappa shape index (κ2) is 6.48. The van der Waals surface area contributed by atoms with E-state index in [2.05, 4.69) is 0 Å². The second-order valence-corrected chi connectivity index (χ2v) is 5.53. The molecule has 0 bridgehead atoms. The van der Waals surface area contributed by atoms with Gasteiger partial charge in [-0.25, -0.2) is 9.69 Å². The van der Waals surface area contributed by atoms with Crippen LogP contribution in [0.15, 0.2) is 18.2 Å². The Morgan fingerprint density at radius 1 is 1.21 bits per heavy atom. The van der Waals surface area contributed by atoms with Crippen molar-refractivity contribution in [3.8, 4) is 0 Å². The molecule has 9 heteroatoms. The van der Waals surface area contributed by atoms with E-state index < -0.39 is 30.3 Å². The second-order valence-electron chi connectivity index (χ2n) is 5.53. The molecule has 0 atom stereocenters. The fourth-order valence-corrected chi connectivity index (χ4v) is 2.88. The summed E-state index contributed by atoms with van der Waals surface area (Å²) in [6.07, 6.45) is 1.52. The molecule has 8 nitrogen and oxygen atoms in total. The first-order chi connectivity index (χ1) is 10.9. The highest BCUT2D eigenvalue weighted by atomic mass is 35.5. The van der Waals surface area contributed by atoms with E-state index in [0.717, 1.165) is 18.4 Å². The van der Waals surface area contributed by atoms with Crippen LogP contribution in [-0.4, -0.2) is 53.7 Å². The minimum absolute atomic E-state index is 0. The van der Waals surface area contributed by atoms with Crippen molar-refractivity contribution >= 4 is 47.5 Å². The van der Waals surface area contributed by atoms with Gasteiger partial charge in [0.2, 0.25) is 5.91 Å². The van der Waals surface area contributed by atoms with Gasteiger partial charge in [0.25, 0.3) is 0 Å². The van der Waals surface area contributed by atoms with Crippen LogP contribution in [0.5, 0.6) is 0 Å². The van der Waals surface area contributed by atoms with Gasteiger partial charge in [-0.05, 0) is 30.5 Å². The molecule has 2 heterocycles. The summed E-state index contributed by atoms with van der Waals surface area (Å²) in [6.45, 7) is 0.0251. The number of anilines is 2. The number of hydrogen-bond acceptors (Lipinski definition) is 5. The molecular weight excluding hydrogens is 336 g/mol. The van der Waals surface area contributed by atoms with E-state index in [4.69, 9.17) is 5.73 Å². The molecule has 2 N–H and O–H groups in total. The lowest BCUT2D eigenvalue weighted by molar-refractivity contribution is -0.143. The molecular formula is C15H17ClN4O4. The number of hydrogen-bond donors (Lipinski definition) is 1. The van der Waals surface area contributed by atoms with E-state index in [1.807, 2.05) is 0 Å². The maximum absolute atomic E-state index is 12.5. The summed E-state index contributed by atoms with van der Waals surface area (Å²) in [4.78, 5) is 50.6. The van der Waals surface area contributed by atoms with Crippen LogP contribution in [0.25, 0.3) is 0 Å². The van der Waals surface area contributed by atoms with Gasteiger partial charge in [-0.15, -0.1) is 12.4 Å². The van der Waals surface area contributed by atoms with E-state index in [1.54, 1.807) is 18.2 Å². The molecule has 1 saturated heterocycles. The van der Waals surface area contributed by atoms with E-state index in [9.17, 15) is 19.2 Å². The van der Waals surface area contributed by atoms with Crippen LogP contribution in [0.2, 0.25) is 0 Å². The Morgan fingerprint density at radius 2 is 1.92 bits per heavy atom. The predicted molar refractivity (Wildman–Crippen MR) is 88.7 cm³/mol. The monoisotopic (exact) mass is 352 g/mol. The summed E-state index contributed by atoms with van der Waals surface area (Å²) < 4.78 is 0. The molecule has 0 spiro atoms. The lowest BCUT2D eigenvalue weighted by atomic mass is 10.00. The fourth-order valence-electron chi connectivity index (χ4n) is 2.88. The van der Waals surface area contributed by atoms with Crippen LogP contribution in [0, 0.1) is 0 Å². The predicted octanol–water partition coefficient (Wildman–Crippen LogP) is 0.390. The summed E-state index contributed by atoms with van der Waals surface area (Å²) in [5.74, 6) is -2.32. The number of carbonyl (C=O) groups is 4. The molecule has 1 aromatic rings. The largest absolute Gasteiger partial charge is 0.398 e. The van der Waals surface area contributed by atoms with Gasteiger partial charge in [-0.2, -0.15) is 0 Å². The van der Waals surface area contributed by atoms with Crippen LogP contribution in [0.1, 0.15) is 12.0 Å². The number of urea groups is 1. The average molecular weight is 353 g/mol. The first-order valence-corrected chi connectivity index (χ1v) is 7.23. The third kappa shape index (κ3) is 2.69. The smallest absolute Gasteiger partial charge is 0.334 e. The Hall–Kier alpha value is -2.61. The van der Waals surface area contributed by atoms with Gasteiger partial charge >= 0.3 is 17.8 Å². The molecule has 24 heavy (non-hydrogen) atoms. The summed E-state index contributed by atoms with van der Waals surface area (Å²) in [6, 6.07) is 4.53. The van der Waals surface area contributed by atoms with Gasteiger partial charge in [-0.1, -0.05) is 6.07 Å². The highest BCUT2D eigenvalue weighted by Crippen LogP contribution is 2.31. The zero-order valence-electron chi connectivity index (χ0n) is 13.0. The van der Waals surface area contributed by atoms with E-state index in [1.165, 1.54) is 11.9 Å². The van der Waals surface area contributed by atoms with E-state index in [0.29, 0.717) is 27.7 Å². The zero-order valence-corrected chi connectivity index (χ0v) is 13.8. The molecule has 1 fully saturated rings. The Balaban J connectivity index is 0.00000208. The normalized spacial score (nSPS) is 17.0. The van der Waals surface area contributed by atoms with Crippen molar-refractivity contribution in [2.24, 2.45) is 0 Å². The summed E-state index contributed by atoms with van der Waals surface area (Å²) >= 11 is 0. The van der Waals surface area contributed by atoms with Crippen molar-refractivity contribution in [3.63, 3.8) is 0 Å². The quantitative estimate of drug-likeness (QED) is 0.471. The van der Waals surface area contributed by atoms with Crippen LogP contribution in [0.3, 0.4) is 0 Å². The SMILES string of the molecule is CN1C(=O)C(=O)N(CC(=O)N2CCCc3c(N)cccc32)C1=O.Cl. The summed E-state index contributed by atoms with van der Waals surface area (Å²) in [5.41, 5.74) is 8.14. The third-order valence-electron chi connectivity index (χ3n) is 4.13. The van der Waals surface area contributed by atoms with E-state index >= 15 is 0 Å². The molecule has 3 rings (SSSR count). The van der Waals surface area contributed by atoms with Crippen LogP contribution in [0.4, 0.5) is 16.2 Å². The number of nitrogen functional groups attached to an aromatic ring is 1. The number of amides is 5. The number of halogens is 1. The number of benzene rings is 1. The van der Waals surface area contributed by atoms with Gasteiger partial charge in [0, 0.05) is 25.0 Å². The van der Waals surface area contributed by atoms with Crippen molar-refractivity contribution in [2.45, 2.75) is 12.8 Å². The lowest BCUT2D eigenvalue weighted by Gasteiger charge is -2.31. The minimum atomic E-state index is -0.976. The third-order valence-corrected chi connectivity index (χ3v) is 4.13. The molecule has 5 amide bonds. The summed E-state index contributed by atoms with van der Waals surface area (Å²) in [7, 11) is 1.21. The summed E-state index contributed by atoms with van der Waals surface area (Å²) in [5, 5.41) is 0. The average Bonchev–Trinajstić information content (AvgIpc) is 2.72. The topological polar surface area (TPSA) is 104 Å². The van der Waals surface area contributed by atoms with Crippen molar-refractivity contribution in [1.29, 1.82) is 0 Å². The van der Waals surface area contributed by atoms with Gasteiger partial charge < -0.3 is 10.6 Å². The van der Waals surface area contributed by atoms with Crippen molar-refractivity contribution in [1.82, 2.24) is 9.80 Å². The molecule has 0 unspecified atom stereocenters. The fraction of sp³-hybridized carbons (Fsp3) is 0.333. The Kier molecular flexibility index (Phi) is 4.79. The Bertz CT molecular complexity index is 736. The lowest BCUT2D eigenvalue weighted by Crippen LogP contribution is -2.45. The molecule has 128 valence electrons. The number of carbonyl (C=O) groups excluding carboxylic acids is 4. The molecule has 2 aliphatic heterocycles. The van der Waals surface area contributed by atoms with Gasteiger partial charge in [0.15, 0.2) is 0 Å². The van der Waals surface area contributed by atoms with Gasteiger partial charge in [-0.3, -0.25) is 19.3 Å². The molecule has 2 aliphatic rings. The first-order valence-electron chi connectivity index (χ1n) is 7.23. The number of imide groups is 2. The van der Waals surface area contributed by atoms with Gasteiger partial charge in [0.1, 0.15) is 6.54 Å². The molecule has 0 aromatic heterocycles. The number of likely N-dealkylation sites (N-methyl/N-ethyl adjacent to an activating group) is 1. The first kappa shape index (κ1) is 17.7. The maximum atomic E-state index is 12.5. The van der Waals surface area contributed by atoms with Gasteiger partial charge in [0.05, 0.1) is 0 Å². The number of rotatable bonds is 2.